The number of halogens is 1. The minimum atomic E-state index is -3.80. The van der Waals surface area contributed by atoms with Crippen LogP contribution in [0.5, 0.6) is 0 Å². The third-order valence-electron chi connectivity index (χ3n) is 3.56. The summed E-state index contributed by atoms with van der Waals surface area (Å²) in [6.45, 7) is 4.72. The van der Waals surface area contributed by atoms with Gasteiger partial charge in [0.25, 0.3) is 0 Å². The molecule has 0 aliphatic heterocycles. The van der Waals surface area contributed by atoms with E-state index in [1.807, 2.05) is 0 Å². The van der Waals surface area contributed by atoms with Crippen LogP contribution >= 0.6 is 11.6 Å². The number of hydrogen-bond acceptors (Lipinski definition) is 4. The molecule has 0 unspecified atom stereocenters. The highest BCUT2D eigenvalue weighted by Gasteiger charge is 2.28. The van der Waals surface area contributed by atoms with Crippen LogP contribution in [0.15, 0.2) is 23.1 Å². The number of sulfonamides is 1. The summed E-state index contributed by atoms with van der Waals surface area (Å²) in [5, 5.41) is 9.78. The van der Waals surface area contributed by atoms with E-state index in [1.165, 1.54) is 7.05 Å². The number of nitrogens with zero attached hydrogens (tertiary/aromatic N) is 2. The number of likely N-dealkylation sites (N-methyl/N-ethyl adjacent to an activating group) is 1. The van der Waals surface area contributed by atoms with Crippen molar-refractivity contribution in [2.45, 2.75) is 25.7 Å². The molecule has 0 spiro atoms. The van der Waals surface area contributed by atoms with Gasteiger partial charge in [0.05, 0.1) is 17.9 Å². The van der Waals surface area contributed by atoms with E-state index in [1.54, 1.807) is 39.0 Å². The largest absolute Gasteiger partial charge is 0.325 e. The number of anilines is 1. The summed E-state index contributed by atoms with van der Waals surface area (Å²) in [4.78, 5) is 12.3. The molecule has 2 rings (SSSR count). The van der Waals surface area contributed by atoms with Gasteiger partial charge in [-0.05, 0) is 44.5 Å². The Morgan fingerprint density at radius 1 is 1.33 bits per heavy atom. The lowest BCUT2D eigenvalue weighted by molar-refractivity contribution is -0.116. The molecule has 0 aliphatic rings. The number of benzene rings is 1. The molecule has 1 aromatic carbocycles. The fourth-order valence-electron chi connectivity index (χ4n) is 2.32. The average Bonchev–Trinajstić information content (AvgIpc) is 2.81. The van der Waals surface area contributed by atoms with Gasteiger partial charge in [-0.2, -0.15) is 9.40 Å². The van der Waals surface area contributed by atoms with Gasteiger partial charge in [0, 0.05) is 17.8 Å². The molecule has 0 radical (unpaired) electrons. The molecule has 0 fully saturated rings. The Morgan fingerprint density at radius 2 is 2.00 bits per heavy atom. The normalized spacial score (nSPS) is 11.8. The first-order valence-electron chi connectivity index (χ1n) is 7.17. The van der Waals surface area contributed by atoms with Crippen molar-refractivity contribution in [3.05, 3.63) is 40.2 Å². The number of aromatic nitrogens is 2. The molecule has 0 atom stereocenters. The van der Waals surface area contributed by atoms with E-state index in [0.717, 1.165) is 9.87 Å². The number of nitrogens with one attached hydrogen (secondary N) is 2. The predicted octanol–water partition coefficient (Wildman–Crippen LogP) is 2.25. The number of carbonyl (C=O) groups excluding carboxylic acids is 1. The van der Waals surface area contributed by atoms with Crippen molar-refractivity contribution in [2.75, 3.05) is 18.9 Å². The number of aromatic amines is 1. The molecule has 130 valence electrons. The Labute approximate surface area is 146 Å². The molecular formula is C15H19ClN4O3S. The zero-order chi connectivity index (χ0) is 18.1. The maximum atomic E-state index is 12.6. The summed E-state index contributed by atoms with van der Waals surface area (Å²) in [5.74, 6) is -0.440. The van der Waals surface area contributed by atoms with Crippen molar-refractivity contribution < 1.29 is 13.2 Å². The lowest BCUT2D eigenvalue weighted by atomic mass is 10.2. The number of amides is 1. The molecule has 1 heterocycles. The summed E-state index contributed by atoms with van der Waals surface area (Å²) in [7, 11) is -2.45. The van der Waals surface area contributed by atoms with E-state index < -0.39 is 15.9 Å². The summed E-state index contributed by atoms with van der Waals surface area (Å²) in [5.41, 5.74) is 2.19. The summed E-state index contributed by atoms with van der Waals surface area (Å²) in [6, 6.07) is 5.05. The fraction of sp³-hybridized carbons (Fsp3) is 0.333. The first-order valence-corrected chi connectivity index (χ1v) is 8.98. The monoisotopic (exact) mass is 370 g/mol. The highest BCUT2D eigenvalue weighted by atomic mass is 35.5. The van der Waals surface area contributed by atoms with Crippen LogP contribution in [0.25, 0.3) is 0 Å². The predicted molar refractivity (Wildman–Crippen MR) is 92.7 cm³/mol. The van der Waals surface area contributed by atoms with Gasteiger partial charge in [-0.1, -0.05) is 11.6 Å². The Balaban J connectivity index is 2.14. The molecule has 0 aliphatic carbocycles. The average molecular weight is 371 g/mol. The topological polar surface area (TPSA) is 95.2 Å². The van der Waals surface area contributed by atoms with E-state index in [4.69, 9.17) is 11.6 Å². The maximum Gasteiger partial charge on any atom is 0.246 e. The van der Waals surface area contributed by atoms with Gasteiger partial charge in [0.2, 0.25) is 15.9 Å². The fourth-order valence-corrected chi connectivity index (χ4v) is 4.00. The van der Waals surface area contributed by atoms with Crippen molar-refractivity contribution in [3.8, 4) is 0 Å². The molecular weight excluding hydrogens is 352 g/mol. The second-order valence-corrected chi connectivity index (χ2v) is 7.95. The number of hydrogen-bond donors (Lipinski definition) is 2. The number of aryl methyl sites for hydroxylation is 3. The number of H-pyrrole nitrogens is 1. The standard InChI is InChI=1S/C15H19ClN4O3S/c1-9-7-12(16)5-6-13(9)17-14(21)8-20(4)24(22,23)15-10(2)18-19-11(15)3/h5-7H,8H2,1-4H3,(H,17,21)(H,18,19). The molecule has 0 saturated carbocycles. The van der Waals surface area contributed by atoms with Crippen molar-refractivity contribution in [1.82, 2.24) is 14.5 Å². The van der Waals surface area contributed by atoms with E-state index in [9.17, 15) is 13.2 Å². The smallest absolute Gasteiger partial charge is 0.246 e. The summed E-state index contributed by atoms with van der Waals surface area (Å²) < 4.78 is 26.2. The van der Waals surface area contributed by atoms with Crippen LogP contribution in [0, 0.1) is 20.8 Å². The van der Waals surface area contributed by atoms with Crippen molar-refractivity contribution in [3.63, 3.8) is 0 Å². The van der Waals surface area contributed by atoms with Crippen LogP contribution in [0.1, 0.15) is 17.0 Å². The van der Waals surface area contributed by atoms with Gasteiger partial charge in [0.1, 0.15) is 4.90 Å². The van der Waals surface area contributed by atoms with Crippen LogP contribution in [-0.2, 0) is 14.8 Å². The molecule has 7 nitrogen and oxygen atoms in total. The maximum absolute atomic E-state index is 12.6. The Kier molecular flexibility index (Phi) is 5.32. The minimum Gasteiger partial charge on any atom is -0.325 e. The zero-order valence-corrected chi connectivity index (χ0v) is 15.4. The van der Waals surface area contributed by atoms with Crippen LogP contribution < -0.4 is 5.32 Å². The van der Waals surface area contributed by atoms with Crippen molar-refractivity contribution in [2.24, 2.45) is 0 Å². The van der Waals surface area contributed by atoms with Crippen molar-refractivity contribution in [1.29, 1.82) is 0 Å². The third-order valence-corrected chi connectivity index (χ3v) is 5.86. The highest BCUT2D eigenvalue weighted by molar-refractivity contribution is 7.89. The Morgan fingerprint density at radius 3 is 2.54 bits per heavy atom. The summed E-state index contributed by atoms with van der Waals surface area (Å²) >= 11 is 5.88. The van der Waals surface area contributed by atoms with E-state index in [-0.39, 0.29) is 11.4 Å². The number of rotatable bonds is 5. The molecule has 24 heavy (non-hydrogen) atoms. The van der Waals surface area contributed by atoms with Crippen LogP contribution in [0.2, 0.25) is 5.02 Å². The van der Waals surface area contributed by atoms with Gasteiger partial charge in [-0.3, -0.25) is 9.89 Å². The first kappa shape index (κ1) is 18.4. The minimum absolute atomic E-state index is 0.0977. The van der Waals surface area contributed by atoms with Gasteiger partial charge < -0.3 is 5.32 Å². The molecule has 1 amide bonds. The third kappa shape index (κ3) is 3.77. The SMILES string of the molecule is Cc1cc(Cl)ccc1NC(=O)CN(C)S(=O)(=O)c1c(C)n[nH]c1C. The van der Waals surface area contributed by atoms with Gasteiger partial charge in [0.15, 0.2) is 0 Å². The molecule has 2 N–H and O–H groups in total. The van der Waals surface area contributed by atoms with E-state index in [0.29, 0.717) is 22.1 Å². The number of carbonyl (C=O) groups is 1. The highest BCUT2D eigenvalue weighted by Crippen LogP contribution is 2.22. The lowest BCUT2D eigenvalue weighted by Gasteiger charge is -2.17. The molecule has 1 aromatic heterocycles. The van der Waals surface area contributed by atoms with E-state index in [2.05, 4.69) is 15.5 Å². The molecule has 9 heteroatoms. The summed E-state index contributed by atoms with van der Waals surface area (Å²) in [6.07, 6.45) is 0. The molecule has 0 bridgehead atoms. The second-order valence-electron chi connectivity index (χ2n) is 5.53. The zero-order valence-electron chi connectivity index (χ0n) is 13.8. The van der Waals surface area contributed by atoms with Gasteiger partial charge in [-0.15, -0.1) is 0 Å². The van der Waals surface area contributed by atoms with Gasteiger partial charge in [-0.25, -0.2) is 8.42 Å². The van der Waals surface area contributed by atoms with Crippen LogP contribution in [0.3, 0.4) is 0 Å². The molecule has 2 aromatic rings. The van der Waals surface area contributed by atoms with E-state index >= 15 is 0 Å². The van der Waals surface area contributed by atoms with Crippen LogP contribution in [-0.4, -0.2) is 42.4 Å². The Bertz CT molecular complexity index is 857. The first-order chi connectivity index (χ1) is 11.1. The molecule has 0 saturated heterocycles. The van der Waals surface area contributed by atoms with Crippen molar-refractivity contribution >= 4 is 33.2 Å². The van der Waals surface area contributed by atoms with Gasteiger partial charge >= 0.3 is 0 Å². The lowest BCUT2D eigenvalue weighted by Crippen LogP contribution is -2.35. The second kappa shape index (κ2) is 6.92. The van der Waals surface area contributed by atoms with Crippen LogP contribution in [0.4, 0.5) is 5.69 Å². The Hall–Kier alpha value is -1.90. The quantitative estimate of drug-likeness (QED) is 0.843.